The Hall–Kier alpha value is -1.75. The molecule has 0 aliphatic heterocycles. The molecular formula is C22H25Cl3N2O2. The minimum Gasteiger partial charge on any atom is -0.354 e. The average molecular weight is 456 g/mol. The predicted molar refractivity (Wildman–Crippen MR) is 120 cm³/mol. The number of benzene rings is 2. The molecule has 7 heteroatoms. The van der Waals surface area contributed by atoms with Crippen LogP contribution in [0.5, 0.6) is 0 Å². The fourth-order valence-corrected chi connectivity index (χ4v) is 3.72. The topological polar surface area (TPSA) is 49.4 Å². The number of amides is 2. The predicted octanol–water partition coefficient (Wildman–Crippen LogP) is 5.52. The first-order chi connectivity index (χ1) is 13.8. The zero-order chi connectivity index (χ0) is 21.4. The van der Waals surface area contributed by atoms with Crippen LogP contribution in [0.15, 0.2) is 42.5 Å². The van der Waals surface area contributed by atoms with Gasteiger partial charge >= 0.3 is 0 Å². The van der Waals surface area contributed by atoms with Gasteiger partial charge in [0.1, 0.15) is 6.04 Å². The molecule has 1 atom stereocenters. The number of nitrogens with zero attached hydrogens (tertiary/aromatic N) is 1. The molecule has 4 nitrogen and oxygen atoms in total. The van der Waals surface area contributed by atoms with E-state index in [0.717, 1.165) is 17.5 Å². The monoisotopic (exact) mass is 454 g/mol. The molecule has 0 aliphatic carbocycles. The second-order valence-electron chi connectivity index (χ2n) is 6.78. The molecule has 0 saturated carbocycles. The molecular weight excluding hydrogens is 431 g/mol. The summed E-state index contributed by atoms with van der Waals surface area (Å²) >= 11 is 18.4. The molecule has 0 spiro atoms. The summed E-state index contributed by atoms with van der Waals surface area (Å²) in [7, 11) is 0. The number of rotatable bonds is 9. The van der Waals surface area contributed by atoms with E-state index < -0.39 is 6.04 Å². The highest BCUT2D eigenvalue weighted by molar-refractivity contribution is 6.35. The number of carbonyl (C=O) groups excluding carboxylic acids is 2. The number of halogens is 3. The van der Waals surface area contributed by atoms with Crippen molar-refractivity contribution in [1.82, 2.24) is 10.2 Å². The van der Waals surface area contributed by atoms with Crippen molar-refractivity contribution in [3.05, 3.63) is 68.7 Å². The summed E-state index contributed by atoms with van der Waals surface area (Å²) in [6, 6.07) is 11.7. The maximum absolute atomic E-state index is 13.2. The zero-order valence-electron chi connectivity index (χ0n) is 16.6. The van der Waals surface area contributed by atoms with Crippen LogP contribution in [0.3, 0.4) is 0 Å². The highest BCUT2D eigenvalue weighted by Gasteiger charge is 2.29. The maximum Gasteiger partial charge on any atom is 0.242 e. The third kappa shape index (κ3) is 6.91. The van der Waals surface area contributed by atoms with Gasteiger partial charge in [-0.05, 0) is 48.2 Å². The van der Waals surface area contributed by atoms with Crippen LogP contribution in [-0.2, 0) is 22.6 Å². The van der Waals surface area contributed by atoms with Crippen LogP contribution >= 0.6 is 34.8 Å². The first-order valence-corrected chi connectivity index (χ1v) is 10.7. The summed E-state index contributed by atoms with van der Waals surface area (Å²) in [5.41, 5.74) is 1.52. The number of carbonyl (C=O) groups is 2. The van der Waals surface area contributed by atoms with Crippen LogP contribution in [0.1, 0.15) is 37.8 Å². The van der Waals surface area contributed by atoms with E-state index in [9.17, 15) is 9.59 Å². The van der Waals surface area contributed by atoms with E-state index in [-0.39, 0.29) is 24.8 Å². The van der Waals surface area contributed by atoms with Gasteiger partial charge in [-0.15, -0.1) is 0 Å². The van der Waals surface area contributed by atoms with Gasteiger partial charge in [0, 0.05) is 28.2 Å². The van der Waals surface area contributed by atoms with E-state index in [1.165, 1.54) is 0 Å². The minimum atomic E-state index is -0.597. The van der Waals surface area contributed by atoms with E-state index in [2.05, 4.69) is 5.32 Å². The van der Waals surface area contributed by atoms with Crippen molar-refractivity contribution in [1.29, 1.82) is 0 Å². The maximum atomic E-state index is 13.2. The summed E-state index contributed by atoms with van der Waals surface area (Å²) in [6.45, 7) is 4.65. The van der Waals surface area contributed by atoms with Crippen molar-refractivity contribution in [3.8, 4) is 0 Å². The van der Waals surface area contributed by atoms with Crippen LogP contribution in [0.25, 0.3) is 0 Å². The SMILES string of the molecule is CCCNC(=O)C(CC)N(Cc1ccc(Cl)cc1Cl)C(=O)Cc1cccc(Cl)c1. The third-order valence-electron chi connectivity index (χ3n) is 4.54. The van der Waals surface area contributed by atoms with Gasteiger partial charge in [-0.3, -0.25) is 9.59 Å². The average Bonchev–Trinajstić information content (AvgIpc) is 2.67. The Balaban J connectivity index is 2.32. The Kier molecular flexibility index (Phi) is 9.28. The molecule has 0 bridgehead atoms. The summed E-state index contributed by atoms with van der Waals surface area (Å²) < 4.78 is 0. The summed E-state index contributed by atoms with van der Waals surface area (Å²) in [6.07, 6.45) is 1.45. The van der Waals surface area contributed by atoms with Gasteiger partial charge in [0.25, 0.3) is 0 Å². The van der Waals surface area contributed by atoms with Gasteiger partial charge in [-0.1, -0.05) is 66.8 Å². The molecule has 0 heterocycles. The second-order valence-corrected chi connectivity index (χ2v) is 8.06. The van der Waals surface area contributed by atoms with Crippen molar-refractivity contribution < 1.29 is 9.59 Å². The Labute approximate surface area is 187 Å². The first-order valence-electron chi connectivity index (χ1n) is 9.61. The normalized spacial score (nSPS) is 11.8. The van der Waals surface area contributed by atoms with Crippen LogP contribution in [0, 0.1) is 0 Å². The number of hydrogen-bond donors (Lipinski definition) is 1. The van der Waals surface area contributed by atoms with Crippen LogP contribution < -0.4 is 5.32 Å². The lowest BCUT2D eigenvalue weighted by molar-refractivity contribution is -0.140. The van der Waals surface area contributed by atoms with Gasteiger partial charge in [0.2, 0.25) is 11.8 Å². The molecule has 0 fully saturated rings. The molecule has 2 aromatic rings. The standard InChI is InChI=1S/C22H25Cl3N2O2/c1-3-10-26-22(29)20(4-2)27(14-16-8-9-18(24)13-19(16)25)21(28)12-15-6-5-7-17(23)11-15/h5-9,11,13,20H,3-4,10,12,14H2,1-2H3,(H,26,29). The molecule has 1 unspecified atom stereocenters. The van der Waals surface area contributed by atoms with Crippen LogP contribution in [-0.4, -0.2) is 29.3 Å². The summed E-state index contributed by atoms with van der Waals surface area (Å²) in [5.74, 6) is -0.337. The van der Waals surface area contributed by atoms with Gasteiger partial charge in [0.15, 0.2) is 0 Å². The van der Waals surface area contributed by atoms with Crippen molar-refractivity contribution >= 4 is 46.6 Å². The van der Waals surface area contributed by atoms with E-state index in [1.54, 1.807) is 41.3 Å². The molecule has 2 amide bonds. The van der Waals surface area contributed by atoms with Gasteiger partial charge in [-0.2, -0.15) is 0 Å². The lowest BCUT2D eigenvalue weighted by Gasteiger charge is -2.31. The highest BCUT2D eigenvalue weighted by atomic mass is 35.5. The highest BCUT2D eigenvalue weighted by Crippen LogP contribution is 2.24. The summed E-state index contributed by atoms with van der Waals surface area (Å²) in [4.78, 5) is 27.5. The molecule has 29 heavy (non-hydrogen) atoms. The van der Waals surface area contributed by atoms with E-state index >= 15 is 0 Å². The van der Waals surface area contributed by atoms with E-state index in [1.807, 2.05) is 19.9 Å². The first kappa shape index (κ1) is 23.5. The fraction of sp³-hybridized carbons (Fsp3) is 0.364. The molecule has 0 aromatic heterocycles. The van der Waals surface area contributed by atoms with Gasteiger partial charge in [-0.25, -0.2) is 0 Å². The molecule has 0 radical (unpaired) electrons. The number of hydrogen-bond acceptors (Lipinski definition) is 2. The largest absolute Gasteiger partial charge is 0.354 e. The summed E-state index contributed by atoms with van der Waals surface area (Å²) in [5, 5.41) is 4.44. The Morgan fingerprint density at radius 3 is 2.38 bits per heavy atom. The van der Waals surface area contributed by atoms with Gasteiger partial charge < -0.3 is 10.2 Å². The molecule has 1 N–H and O–H groups in total. The zero-order valence-corrected chi connectivity index (χ0v) is 18.8. The molecule has 156 valence electrons. The quantitative estimate of drug-likeness (QED) is 0.541. The Morgan fingerprint density at radius 1 is 1.03 bits per heavy atom. The molecule has 2 rings (SSSR count). The molecule has 0 saturated heterocycles. The molecule has 2 aromatic carbocycles. The van der Waals surface area contributed by atoms with Crippen molar-refractivity contribution in [3.63, 3.8) is 0 Å². The lowest BCUT2D eigenvalue weighted by atomic mass is 10.1. The Bertz CT molecular complexity index is 858. The second kappa shape index (κ2) is 11.4. The van der Waals surface area contributed by atoms with Crippen LogP contribution in [0.2, 0.25) is 15.1 Å². The van der Waals surface area contributed by atoms with Crippen LogP contribution in [0.4, 0.5) is 0 Å². The molecule has 0 aliphatic rings. The smallest absolute Gasteiger partial charge is 0.242 e. The third-order valence-corrected chi connectivity index (χ3v) is 5.36. The van der Waals surface area contributed by atoms with Gasteiger partial charge in [0.05, 0.1) is 6.42 Å². The van der Waals surface area contributed by atoms with Crippen molar-refractivity contribution in [2.45, 2.75) is 45.7 Å². The van der Waals surface area contributed by atoms with E-state index in [0.29, 0.717) is 28.0 Å². The van der Waals surface area contributed by atoms with Crippen molar-refractivity contribution in [2.24, 2.45) is 0 Å². The van der Waals surface area contributed by atoms with E-state index in [4.69, 9.17) is 34.8 Å². The lowest BCUT2D eigenvalue weighted by Crippen LogP contribution is -2.49. The Morgan fingerprint density at radius 2 is 1.76 bits per heavy atom. The minimum absolute atomic E-state index is 0.142. The van der Waals surface area contributed by atoms with Crippen molar-refractivity contribution in [2.75, 3.05) is 6.54 Å². The number of nitrogens with one attached hydrogen (secondary N) is 1. The fourth-order valence-electron chi connectivity index (χ4n) is 3.04.